The van der Waals surface area contributed by atoms with Gasteiger partial charge in [0.2, 0.25) is 5.65 Å². The topological polar surface area (TPSA) is 38.1 Å². The van der Waals surface area contributed by atoms with Crippen molar-refractivity contribution in [1.29, 1.82) is 0 Å². The van der Waals surface area contributed by atoms with Crippen molar-refractivity contribution >= 4 is 17.4 Å². The third-order valence-corrected chi connectivity index (χ3v) is 6.04. The highest BCUT2D eigenvalue weighted by atomic mass is 16.1. The first kappa shape index (κ1) is 16.6. The average Bonchev–Trinajstić information content (AvgIpc) is 2.98. The monoisotopic (exact) mass is 340 g/mol. The number of nitrogens with one attached hydrogen (secondary N) is 1. The van der Waals surface area contributed by atoms with E-state index in [4.69, 9.17) is 0 Å². The SMILES string of the molecule is CC(=O)n1c(C2CCCCC2)c(NC2CCCCC2)[n+]2ccccc12. The fourth-order valence-corrected chi connectivity index (χ4v) is 4.82. The van der Waals surface area contributed by atoms with Gasteiger partial charge < -0.3 is 0 Å². The van der Waals surface area contributed by atoms with Gasteiger partial charge in [-0.05, 0) is 31.7 Å². The van der Waals surface area contributed by atoms with E-state index in [1.54, 1.807) is 6.92 Å². The minimum Gasteiger partial charge on any atom is -0.300 e. The summed E-state index contributed by atoms with van der Waals surface area (Å²) >= 11 is 0. The van der Waals surface area contributed by atoms with E-state index in [2.05, 4.69) is 28.0 Å². The number of hydrogen-bond donors (Lipinski definition) is 1. The molecule has 0 aromatic carbocycles. The third-order valence-electron chi connectivity index (χ3n) is 6.04. The highest BCUT2D eigenvalue weighted by molar-refractivity contribution is 5.82. The third kappa shape index (κ3) is 3.19. The zero-order chi connectivity index (χ0) is 17.2. The van der Waals surface area contributed by atoms with Crippen LogP contribution < -0.4 is 9.72 Å². The Bertz CT molecular complexity index is 752. The molecule has 134 valence electrons. The van der Waals surface area contributed by atoms with E-state index in [0.29, 0.717) is 12.0 Å². The van der Waals surface area contributed by atoms with Crippen molar-refractivity contribution in [3.05, 3.63) is 30.1 Å². The first-order chi connectivity index (χ1) is 12.3. The molecule has 4 heteroatoms. The second kappa shape index (κ2) is 7.19. The molecule has 0 unspecified atom stereocenters. The molecule has 0 saturated heterocycles. The van der Waals surface area contributed by atoms with Gasteiger partial charge in [-0.2, -0.15) is 4.57 Å². The van der Waals surface area contributed by atoms with Crippen LogP contribution in [0.2, 0.25) is 0 Å². The predicted molar refractivity (Wildman–Crippen MR) is 100 cm³/mol. The normalized spacial score (nSPS) is 20.0. The number of fused-ring (bicyclic) bond motifs is 1. The van der Waals surface area contributed by atoms with E-state index in [9.17, 15) is 4.79 Å². The van der Waals surface area contributed by atoms with Gasteiger partial charge in [-0.15, -0.1) is 0 Å². The van der Waals surface area contributed by atoms with Crippen LogP contribution in [-0.4, -0.2) is 16.5 Å². The van der Waals surface area contributed by atoms with Gasteiger partial charge in [0, 0.05) is 18.9 Å². The van der Waals surface area contributed by atoms with Crippen molar-refractivity contribution in [3.8, 4) is 0 Å². The van der Waals surface area contributed by atoms with Gasteiger partial charge in [0.1, 0.15) is 0 Å². The molecule has 2 saturated carbocycles. The van der Waals surface area contributed by atoms with Crippen LogP contribution in [-0.2, 0) is 0 Å². The Kier molecular flexibility index (Phi) is 4.78. The number of carbonyl (C=O) groups excluding carboxylic acids is 1. The summed E-state index contributed by atoms with van der Waals surface area (Å²) in [6.07, 6.45) is 14.8. The van der Waals surface area contributed by atoms with Crippen molar-refractivity contribution in [2.45, 2.75) is 83.1 Å². The minimum absolute atomic E-state index is 0.126. The van der Waals surface area contributed by atoms with Gasteiger partial charge in [-0.25, -0.2) is 4.40 Å². The van der Waals surface area contributed by atoms with Gasteiger partial charge in [0.05, 0.1) is 12.2 Å². The van der Waals surface area contributed by atoms with Crippen molar-refractivity contribution in [2.75, 3.05) is 5.32 Å². The Morgan fingerprint density at radius 3 is 2.40 bits per heavy atom. The molecule has 4 nitrogen and oxygen atoms in total. The largest absolute Gasteiger partial charge is 0.300 e. The molecule has 0 spiro atoms. The lowest BCUT2D eigenvalue weighted by Gasteiger charge is -2.23. The number of rotatable bonds is 3. The Balaban J connectivity index is 1.83. The van der Waals surface area contributed by atoms with Crippen LogP contribution in [0.15, 0.2) is 24.4 Å². The molecule has 2 aliphatic rings. The zero-order valence-corrected chi connectivity index (χ0v) is 15.3. The van der Waals surface area contributed by atoms with Gasteiger partial charge in [-0.3, -0.25) is 10.1 Å². The van der Waals surface area contributed by atoms with E-state index < -0.39 is 0 Å². The molecule has 0 atom stereocenters. The highest BCUT2D eigenvalue weighted by Crippen LogP contribution is 2.37. The lowest BCUT2D eigenvalue weighted by molar-refractivity contribution is -0.495. The molecule has 2 aromatic heterocycles. The summed E-state index contributed by atoms with van der Waals surface area (Å²) in [6.45, 7) is 1.70. The molecule has 2 aliphatic carbocycles. The zero-order valence-electron chi connectivity index (χ0n) is 15.3. The van der Waals surface area contributed by atoms with Crippen LogP contribution in [0.4, 0.5) is 5.82 Å². The van der Waals surface area contributed by atoms with Crippen LogP contribution in [0.3, 0.4) is 0 Å². The molecule has 4 rings (SSSR count). The average molecular weight is 340 g/mol. The van der Waals surface area contributed by atoms with Gasteiger partial charge in [0.25, 0.3) is 11.7 Å². The predicted octanol–water partition coefficient (Wildman–Crippen LogP) is 4.68. The summed E-state index contributed by atoms with van der Waals surface area (Å²) in [6, 6.07) is 6.70. The number of carbonyl (C=O) groups is 1. The second-order valence-electron chi connectivity index (χ2n) is 7.83. The smallest absolute Gasteiger partial charge is 0.284 e. The summed E-state index contributed by atoms with van der Waals surface area (Å²) in [7, 11) is 0. The minimum atomic E-state index is 0.126. The van der Waals surface area contributed by atoms with E-state index in [1.165, 1.54) is 75.7 Å². The summed E-state index contributed by atoms with van der Waals surface area (Å²) in [5.41, 5.74) is 2.22. The number of pyridine rings is 1. The molecule has 2 fully saturated rings. The van der Waals surface area contributed by atoms with E-state index in [0.717, 1.165) is 5.65 Å². The van der Waals surface area contributed by atoms with E-state index in [-0.39, 0.29) is 5.91 Å². The van der Waals surface area contributed by atoms with Gasteiger partial charge in [0.15, 0.2) is 5.69 Å². The molecule has 2 heterocycles. The molecule has 0 bridgehead atoms. The van der Waals surface area contributed by atoms with Crippen molar-refractivity contribution in [1.82, 2.24) is 4.57 Å². The Morgan fingerprint density at radius 1 is 1.04 bits per heavy atom. The Morgan fingerprint density at radius 2 is 1.72 bits per heavy atom. The van der Waals surface area contributed by atoms with Crippen LogP contribution in [0.5, 0.6) is 0 Å². The van der Waals surface area contributed by atoms with Crippen molar-refractivity contribution in [3.63, 3.8) is 0 Å². The standard InChI is InChI=1S/C21H30N3O/c1-16(25)24-19-14-8-9-15-23(19)21(22-18-12-6-3-7-13-18)20(24)17-10-4-2-5-11-17/h8-9,14-15,17-18,22H,2-7,10-13H2,1H3/q+1. The van der Waals surface area contributed by atoms with Gasteiger partial charge >= 0.3 is 0 Å². The molecule has 0 aliphatic heterocycles. The lowest BCUT2D eigenvalue weighted by Crippen LogP contribution is -2.31. The number of nitrogens with zero attached hydrogens (tertiary/aromatic N) is 2. The molecule has 0 radical (unpaired) electrons. The second-order valence-corrected chi connectivity index (χ2v) is 7.83. The molecular formula is C21H30N3O+. The Labute approximate surface area is 150 Å². The quantitative estimate of drug-likeness (QED) is 0.824. The fraction of sp³-hybridized carbons (Fsp3) is 0.619. The first-order valence-electron chi connectivity index (χ1n) is 10.1. The summed E-state index contributed by atoms with van der Waals surface area (Å²) in [5.74, 6) is 1.79. The number of anilines is 1. The summed E-state index contributed by atoms with van der Waals surface area (Å²) in [4.78, 5) is 12.6. The van der Waals surface area contributed by atoms with Crippen LogP contribution in [0, 0.1) is 0 Å². The van der Waals surface area contributed by atoms with Crippen LogP contribution in [0.25, 0.3) is 5.65 Å². The number of hydrogen-bond acceptors (Lipinski definition) is 2. The Hall–Kier alpha value is -1.84. The maximum Gasteiger partial charge on any atom is 0.284 e. The van der Waals surface area contributed by atoms with Crippen molar-refractivity contribution < 1.29 is 9.20 Å². The number of aromatic nitrogens is 2. The van der Waals surface area contributed by atoms with Crippen molar-refractivity contribution in [2.24, 2.45) is 0 Å². The summed E-state index contributed by atoms with van der Waals surface area (Å²) < 4.78 is 4.18. The summed E-state index contributed by atoms with van der Waals surface area (Å²) in [5, 5.41) is 3.85. The van der Waals surface area contributed by atoms with Crippen LogP contribution in [0.1, 0.15) is 87.5 Å². The molecule has 25 heavy (non-hydrogen) atoms. The van der Waals surface area contributed by atoms with Gasteiger partial charge in [-0.1, -0.05) is 44.6 Å². The van der Waals surface area contributed by atoms with E-state index >= 15 is 0 Å². The molecule has 0 amide bonds. The molecular weight excluding hydrogens is 310 g/mol. The highest BCUT2D eigenvalue weighted by Gasteiger charge is 2.34. The fourth-order valence-electron chi connectivity index (χ4n) is 4.82. The number of imidazole rings is 1. The lowest BCUT2D eigenvalue weighted by atomic mass is 9.86. The van der Waals surface area contributed by atoms with E-state index in [1.807, 2.05) is 10.6 Å². The molecule has 2 aromatic rings. The maximum atomic E-state index is 12.6. The first-order valence-corrected chi connectivity index (χ1v) is 10.1. The van der Waals surface area contributed by atoms with Crippen LogP contribution >= 0.6 is 0 Å². The molecule has 1 N–H and O–H groups in total. The maximum absolute atomic E-state index is 12.6.